The molecule has 1 aromatic rings. The van der Waals surface area contributed by atoms with E-state index in [1.54, 1.807) is 0 Å². The summed E-state index contributed by atoms with van der Waals surface area (Å²) in [6.45, 7) is 5.24. The SMILES string of the molecule is CCC(CCCl)CNC(=O)CCOc1cccc(C)c1. The summed E-state index contributed by atoms with van der Waals surface area (Å²) < 4.78 is 5.56. The molecule has 1 atom stereocenters. The molecule has 0 bridgehead atoms. The van der Waals surface area contributed by atoms with Crippen molar-refractivity contribution in [1.82, 2.24) is 5.32 Å². The number of benzene rings is 1. The fourth-order valence-electron chi connectivity index (χ4n) is 1.92. The Morgan fingerprint density at radius 3 is 2.90 bits per heavy atom. The Labute approximate surface area is 126 Å². The van der Waals surface area contributed by atoms with Gasteiger partial charge in [0.05, 0.1) is 13.0 Å². The summed E-state index contributed by atoms with van der Waals surface area (Å²) in [4.78, 5) is 11.7. The maximum Gasteiger partial charge on any atom is 0.223 e. The molecule has 0 aromatic heterocycles. The van der Waals surface area contributed by atoms with Gasteiger partial charge in [0.1, 0.15) is 5.75 Å². The molecule has 0 aliphatic rings. The average molecular weight is 298 g/mol. The van der Waals surface area contributed by atoms with Crippen molar-refractivity contribution in [1.29, 1.82) is 0 Å². The fraction of sp³-hybridized carbons (Fsp3) is 0.562. The van der Waals surface area contributed by atoms with Crippen LogP contribution in [0.4, 0.5) is 0 Å². The fourth-order valence-corrected chi connectivity index (χ4v) is 2.23. The lowest BCUT2D eigenvalue weighted by molar-refractivity contribution is -0.121. The lowest BCUT2D eigenvalue weighted by Gasteiger charge is -2.14. The minimum atomic E-state index is 0.0330. The topological polar surface area (TPSA) is 38.3 Å². The van der Waals surface area contributed by atoms with E-state index in [-0.39, 0.29) is 5.91 Å². The van der Waals surface area contributed by atoms with Crippen molar-refractivity contribution in [2.24, 2.45) is 5.92 Å². The van der Waals surface area contributed by atoms with Gasteiger partial charge in [0.25, 0.3) is 0 Å². The molecule has 1 amide bonds. The molecule has 0 saturated carbocycles. The van der Waals surface area contributed by atoms with Crippen LogP contribution in [0.5, 0.6) is 5.75 Å². The molecule has 0 radical (unpaired) electrons. The number of hydrogen-bond acceptors (Lipinski definition) is 2. The molecule has 3 nitrogen and oxygen atoms in total. The first kappa shape index (κ1) is 16.8. The Kier molecular flexibility index (Phi) is 8.12. The number of aryl methyl sites for hydroxylation is 1. The van der Waals surface area contributed by atoms with E-state index in [2.05, 4.69) is 12.2 Å². The van der Waals surface area contributed by atoms with Crippen molar-refractivity contribution < 1.29 is 9.53 Å². The molecule has 20 heavy (non-hydrogen) atoms. The number of halogens is 1. The molecule has 0 heterocycles. The first-order chi connectivity index (χ1) is 9.65. The maximum absolute atomic E-state index is 11.7. The minimum absolute atomic E-state index is 0.0330. The van der Waals surface area contributed by atoms with Gasteiger partial charge in [-0.25, -0.2) is 0 Å². The van der Waals surface area contributed by atoms with E-state index in [4.69, 9.17) is 16.3 Å². The number of ether oxygens (including phenoxy) is 1. The standard InChI is InChI=1S/C16H24ClNO2/c1-3-14(7-9-17)12-18-16(19)8-10-20-15-6-4-5-13(2)11-15/h4-6,11,14H,3,7-10,12H2,1-2H3,(H,18,19). The van der Waals surface area contributed by atoms with E-state index in [9.17, 15) is 4.79 Å². The maximum atomic E-state index is 11.7. The number of amides is 1. The highest BCUT2D eigenvalue weighted by molar-refractivity contribution is 6.17. The molecule has 0 spiro atoms. The molecular formula is C16H24ClNO2. The van der Waals surface area contributed by atoms with Gasteiger partial charge in [0, 0.05) is 12.4 Å². The van der Waals surface area contributed by atoms with E-state index < -0.39 is 0 Å². The van der Waals surface area contributed by atoms with Crippen molar-refractivity contribution in [2.75, 3.05) is 19.0 Å². The lowest BCUT2D eigenvalue weighted by Crippen LogP contribution is -2.30. The smallest absolute Gasteiger partial charge is 0.223 e. The van der Waals surface area contributed by atoms with Crippen LogP contribution in [0.2, 0.25) is 0 Å². The molecule has 112 valence electrons. The van der Waals surface area contributed by atoms with Gasteiger partial charge in [-0.2, -0.15) is 0 Å². The van der Waals surface area contributed by atoms with Crippen LogP contribution < -0.4 is 10.1 Å². The van der Waals surface area contributed by atoms with E-state index >= 15 is 0 Å². The molecule has 0 fully saturated rings. The molecule has 0 aliphatic carbocycles. The first-order valence-corrected chi connectivity index (χ1v) is 7.71. The molecule has 0 aliphatic heterocycles. The molecule has 0 saturated heterocycles. The van der Waals surface area contributed by atoms with Crippen LogP contribution in [0.25, 0.3) is 0 Å². The van der Waals surface area contributed by atoms with E-state index in [1.165, 1.54) is 0 Å². The summed E-state index contributed by atoms with van der Waals surface area (Å²) in [7, 11) is 0. The third-order valence-electron chi connectivity index (χ3n) is 3.27. The third-order valence-corrected chi connectivity index (χ3v) is 3.49. The van der Waals surface area contributed by atoms with Crippen LogP contribution in [0.1, 0.15) is 31.7 Å². The molecule has 4 heteroatoms. The van der Waals surface area contributed by atoms with Gasteiger partial charge in [-0.1, -0.05) is 25.5 Å². The van der Waals surface area contributed by atoms with Gasteiger partial charge in [-0.05, 0) is 37.0 Å². The summed E-state index contributed by atoms with van der Waals surface area (Å²) in [6, 6.07) is 7.83. The zero-order valence-corrected chi connectivity index (χ0v) is 13.1. The van der Waals surface area contributed by atoms with Crippen LogP contribution in [-0.4, -0.2) is 24.9 Å². The Morgan fingerprint density at radius 2 is 2.25 bits per heavy atom. The normalized spacial score (nSPS) is 11.9. The monoisotopic (exact) mass is 297 g/mol. The van der Waals surface area contributed by atoms with Crippen LogP contribution in [0, 0.1) is 12.8 Å². The molecule has 1 aromatic carbocycles. The third kappa shape index (κ3) is 6.80. The zero-order chi connectivity index (χ0) is 14.8. The van der Waals surface area contributed by atoms with E-state index in [0.717, 1.165) is 24.2 Å². The van der Waals surface area contributed by atoms with Crippen LogP contribution in [0.15, 0.2) is 24.3 Å². The summed E-state index contributed by atoms with van der Waals surface area (Å²) >= 11 is 5.72. The van der Waals surface area contributed by atoms with E-state index in [0.29, 0.717) is 31.4 Å². The molecule has 1 N–H and O–H groups in total. The van der Waals surface area contributed by atoms with Crippen molar-refractivity contribution in [2.45, 2.75) is 33.1 Å². The second kappa shape index (κ2) is 9.65. The number of alkyl halides is 1. The Balaban J connectivity index is 2.20. The van der Waals surface area contributed by atoms with Crippen molar-refractivity contribution >= 4 is 17.5 Å². The second-order valence-corrected chi connectivity index (χ2v) is 5.35. The number of carbonyl (C=O) groups excluding carboxylic acids is 1. The van der Waals surface area contributed by atoms with Crippen LogP contribution >= 0.6 is 11.6 Å². The highest BCUT2D eigenvalue weighted by Crippen LogP contribution is 2.12. The van der Waals surface area contributed by atoms with Gasteiger partial charge < -0.3 is 10.1 Å². The largest absolute Gasteiger partial charge is 0.493 e. The predicted molar refractivity (Wildman–Crippen MR) is 83.4 cm³/mol. The van der Waals surface area contributed by atoms with Crippen molar-refractivity contribution in [3.8, 4) is 5.75 Å². The molecule has 1 rings (SSSR count). The first-order valence-electron chi connectivity index (χ1n) is 7.17. The molecule has 1 unspecified atom stereocenters. The second-order valence-electron chi connectivity index (χ2n) is 4.97. The summed E-state index contributed by atoms with van der Waals surface area (Å²) in [6.07, 6.45) is 2.36. The summed E-state index contributed by atoms with van der Waals surface area (Å²) in [5.41, 5.74) is 1.15. The lowest BCUT2D eigenvalue weighted by atomic mass is 10.0. The summed E-state index contributed by atoms with van der Waals surface area (Å²) in [5.74, 6) is 1.95. The Morgan fingerprint density at radius 1 is 1.45 bits per heavy atom. The van der Waals surface area contributed by atoms with E-state index in [1.807, 2.05) is 31.2 Å². The number of rotatable bonds is 9. The van der Waals surface area contributed by atoms with Crippen LogP contribution in [-0.2, 0) is 4.79 Å². The highest BCUT2D eigenvalue weighted by Gasteiger charge is 2.08. The van der Waals surface area contributed by atoms with Gasteiger partial charge in [-0.3, -0.25) is 4.79 Å². The molecular weight excluding hydrogens is 274 g/mol. The van der Waals surface area contributed by atoms with Gasteiger partial charge in [0.15, 0.2) is 0 Å². The predicted octanol–water partition coefficient (Wildman–Crippen LogP) is 3.54. The van der Waals surface area contributed by atoms with Crippen LogP contribution in [0.3, 0.4) is 0 Å². The highest BCUT2D eigenvalue weighted by atomic mass is 35.5. The Hall–Kier alpha value is -1.22. The zero-order valence-electron chi connectivity index (χ0n) is 12.3. The number of hydrogen-bond donors (Lipinski definition) is 1. The van der Waals surface area contributed by atoms with Gasteiger partial charge in [-0.15, -0.1) is 11.6 Å². The number of carbonyl (C=O) groups is 1. The van der Waals surface area contributed by atoms with Crippen molar-refractivity contribution in [3.63, 3.8) is 0 Å². The van der Waals surface area contributed by atoms with Gasteiger partial charge in [0.2, 0.25) is 5.91 Å². The van der Waals surface area contributed by atoms with Crippen molar-refractivity contribution in [3.05, 3.63) is 29.8 Å². The average Bonchev–Trinajstić information content (AvgIpc) is 2.43. The van der Waals surface area contributed by atoms with Gasteiger partial charge >= 0.3 is 0 Å². The number of nitrogens with one attached hydrogen (secondary N) is 1. The minimum Gasteiger partial charge on any atom is -0.493 e. The summed E-state index contributed by atoms with van der Waals surface area (Å²) in [5, 5.41) is 2.94. The quantitative estimate of drug-likeness (QED) is 0.708. The Bertz CT molecular complexity index is 409.